The Morgan fingerprint density at radius 3 is 2.50 bits per heavy atom. The zero-order valence-electron chi connectivity index (χ0n) is 11.2. The lowest BCUT2D eigenvalue weighted by Gasteiger charge is -2.17. The standard InChI is InChI=1S/C15H12BrF4NO/c16-11-4-2-5-12(8-11)21-9-10-3-1-6-13(7-10)22-15(19,20)14(17)18/h1-8,14,21H,9H2. The maximum Gasteiger partial charge on any atom is 0.461 e. The summed E-state index contributed by atoms with van der Waals surface area (Å²) in [7, 11) is 0. The summed E-state index contributed by atoms with van der Waals surface area (Å²) >= 11 is 3.33. The summed E-state index contributed by atoms with van der Waals surface area (Å²) in [5.41, 5.74) is 1.46. The van der Waals surface area contributed by atoms with Gasteiger partial charge in [0.25, 0.3) is 0 Å². The van der Waals surface area contributed by atoms with Crippen molar-refractivity contribution in [3.63, 3.8) is 0 Å². The molecule has 1 N–H and O–H groups in total. The first kappa shape index (κ1) is 16.6. The van der Waals surface area contributed by atoms with Gasteiger partial charge < -0.3 is 10.1 Å². The maximum atomic E-state index is 12.9. The van der Waals surface area contributed by atoms with Crippen molar-refractivity contribution in [2.24, 2.45) is 0 Å². The number of nitrogens with one attached hydrogen (secondary N) is 1. The topological polar surface area (TPSA) is 21.3 Å². The minimum Gasteiger partial charge on any atom is -0.428 e. The van der Waals surface area contributed by atoms with E-state index in [0.29, 0.717) is 12.1 Å². The highest BCUT2D eigenvalue weighted by molar-refractivity contribution is 9.10. The molecule has 2 aromatic carbocycles. The molecule has 0 heterocycles. The van der Waals surface area contributed by atoms with Crippen LogP contribution in [-0.2, 0) is 6.54 Å². The van der Waals surface area contributed by atoms with Crippen molar-refractivity contribution in [3.05, 3.63) is 58.6 Å². The van der Waals surface area contributed by atoms with E-state index in [0.717, 1.165) is 10.2 Å². The fourth-order valence-corrected chi connectivity index (χ4v) is 2.12. The van der Waals surface area contributed by atoms with E-state index in [2.05, 4.69) is 26.0 Å². The minimum atomic E-state index is -4.50. The first-order valence-electron chi connectivity index (χ1n) is 6.30. The molecule has 0 unspecified atom stereocenters. The third-order valence-electron chi connectivity index (χ3n) is 2.73. The average molecular weight is 378 g/mol. The molecule has 0 aliphatic carbocycles. The van der Waals surface area contributed by atoms with E-state index in [1.165, 1.54) is 18.2 Å². The smallest absolute Gasteiger partial charge is 0.428 e. The highest BCUT2D eigenvalue weighted by Crippen LogP contribution is 2.28. The molecule has 0 radical (unpaired) electrons. The Labute approximate surface area is 133 Å². The van der Waals surface area contributed by atoms with Crippen LogP contribution in [0.1, 0.15) is 5.56 Å². The Balaban J connectivity index is 2.02. The van der Waals surface area contributed by atoms with E-state index in [-0.39, 0.29) is 5.75 Å². The first-order valence-corrected chi connectivity index (χ1v) is 7.09. The predicted octanol–water partition coefficient (Wildman–Crippen LogP) is 5.30. The number of benzene rings is 2. The fourth-order valence-electron chi connectivity index (χ4n) is 1.72. The molecular formula is C15H12BrF4NO. The minimum absolute atomic E-state index is 0.307. The van der Waals surface area contributed by atoms with Crippen LogP contribution < -0.4 is 10.1 Å². The van der Waals surface area contributed by atoms with E-state index in [4.69, 9.17) is 0 Å². The normalized spacial score (nSPS) is 11.5. The number of hydrogen-bond acceptors (Lipinski definition) is 2. The van der Waals surface area contributed by atoms with Gasteiger partial charge in [-0.15, -0.1) is 0 Å². The van der Waals surface area contributed by atoms with Gasteiger partial charge in [0, 0.05) is 16.7 Å². The molecule has 7 heteroatoms. The summed E-state index contributed by atoms with van der Waals surface area (Å²) in [5.74, 6) is -0.307. The van der Waals surface area contributed by atoms with Gasteiger partial charge in [0.2, 0.25) is 0 Å². The van der Waals surface area contributed by atoms with Crippen LogP contribution in [0.15, 0.2) is 53.0 Å². The Kier molecular flexibility index (Phi) is 5.28. The van der Waals surface area contributed by atoms with E-state index >= 15 is 0 Å². The lowest BCUT2D eigenvalue weighted by Crippen LogP contribution is -2.33. The van der Waals surface area contributed by atoms with Crippen molar-refractivity contribution >= 4 is 21.6 Å². The fraction of sp³-hybridized carbons (Fsp3) is 0.200. The summed E-state index contributed by atoms with van der Waals surface area (Å²) in [4.78, 5) is 0. The van der Waals surface area contributed by atoms with Gasteiger partial charge in [-0.05, 0) is 35.9 Å². The quantitative estimate of drug-likeness (QED) is 0.689. The molecule has 0 saturated heterocycles. The molecule has 22 heavy (non-hydrogen) atoms. The molecule has 0 bridgehead atoms. The van der Waals surface area contributed by atoms with Gasteiger partial charge in [-0.1, -0.05) is 34.1 Å². The summed E-state index contributed by atoms with van der Waals surface area (Å²) in [6.07, 6.45) is -8.38. The van der Waals surface area contributed by atoms with Crippen molar-refractivity contribution in [2.75, 3.05) is 5.32 Å². The highest BCUT2D eigenvalue weighted by atomic mass is 79.9. The van der Waals surface area contributed by atoms with Gasteiger partial charge in [-0.25, -0.2) is 0 Å². The Morgan fingerprint density at radius 1 is 1.09 bits per heavy atom. The van der Waals surface area contributed by atoms with Crippen molar-refractivity contribution in [3.8, 4) is 5.75 Å². The van der Waals surface area contributed by atoms with Crippen molar-refractivity contribution in [1.29, 1.82) is 0 Å². The Bertz CT molecular complexity index is 636. The zero-order chi connectivity index (χ0) is 16.2. The van der Waals surface area contributed by atoms with Crippen LogP contribution in [0.5, 0.6) is 5.75 Å². The second kappa shape index (κ2) is 7.00. The summed E-state index contributed by atoms with van der Waals surface area (Å²) in [5, 5.41) is 3.09. The molecule has 2 rings (SSSR count). The van der Waals surface area contributed by atoms with Crippen LogP contribution in [0.3, 0.4) is 0 Å². The van der Waals surface area contributed by atoms with E-state index < -0.39 is 12.5 Å². The van der Waals surface area contributed by atoms with Crippen molar-refractivity contribution < 1.29 is 22.3 Å². The number of anilines is 1. The molecule has 0 amide bonds. The van der Waals surface area contributed by atoms with Gasteiger partial charge in [0.15, 0.2) is 0 Å². The first-order chi connectivity index (χ1) is 10.4. The largest absolute Gasteiger partial charge is 0.461 e. The van der Waals surface area contributed by atoms with Gasteiger partial charge in [-0.2, -0.15) is 17.6 Å². The molecule has 0 atom stereocenters. The highest BCUT2D eigenvalue weighted by Gasteiger charge is 2.43. The van der Waals surface area contributed by atoms with Crippen LogP contribution >= 0.6 is 15.9 Å². The van der Waals surface area contributed by atoms with Crippen molar-refractivity contribution in [1.82, 2.24) is 0 Å². The lowest BCUT2D eigenvalue weighted by atomic mass is 10.2. The van der Waals surface area contributed by atoms with E-state index in [1.54, 1.807) is 6.07 Å². The molecule has 2 nitrogen and oxygen atoms in total. The monoisotopic (exact) mass is 377 g/mol. The molecule has 2 aromatic rings. The van der Waals surface area contributed by atoms with Gasteiger partial charge >= 0.3 is 12.5 Å². The number of hydrogen-bond donors (Lipinski definition) is 1. The van der Waals surface area contributed by atoms with Crippen LogP contribution in [0.25, 0.3) is 0 Å². The molecule has 0 aromatic heterocycles. The van der Waals surface area contributed by atoms with Crippen LogP contribution in [0, 0.1) is 0 Å². The molecule has 0 spiro atoms. The molecule has 0 aliphatic rings. The van der Waals surface area contributed by atoms with Gasteiger partial charge in [0.1, 0.15) is 5.75 Å². The second-order valence-electron chi connectivity index (χ2n) is 4.48. The molecule has 0 fully saturated rings. The van der Waals surface area contributed by atoms with E-state index in [9.17, 15) is 17.6 Å². The molecule has 0 saturated carbocycles. The van der Waals surface area contributed by atoms with Crippen LogP contribution in [0.2, 0.25) is 0 Å². The van der Waals surface area contributed by atoms with Gasteiger partial charge in [0.05, 0.1) is 0 Å². The lowest BCUT2D eigenvalue weighted by molar-refractivity contribution is -0.253. The summed E-state index contributed by atoms with van der Waals surface area (Å²) in [6.45, 7) is 0.341. The molecule has 118 valence electrons. The van der Waals surface area contributed by atoms with E-state index in [1.807, 2.05) is 24.3 Å². The Hall–Kier alpha value is -1.76. The number of rotatable bonds is 6. The van der Waals surface area contributed by atoms with Crippen LogP contribution in [0.4, 0.5) is 23.2 Å². The third kappa shape index (κ3) is 4.62. The van der Waals surface area contributed by atoms with Gasteiger partial charge in [-0.3, -0.25) is 0 Å². The van der Waals surface area contributed by atoms with Crippen LogP contribution in [-0.4, -0.2) is 12.5 Å². The number of ether oxygens (including phenoxy) is 1. The summed E-state index contributed by atoms with van der Waals surface area (Å²) < 4.78 is 54.9. The number of halogens is 5. The third-order valence-corrected chi connectivity index (χ3v) is 3.22. The number of alkyl halides is 4. The maximum absolute atomic E-state index is 12.9. The average Bonchev–Trinajstić information content (AvgIpc) is 2.45. The summed E-state index contributed by atoms with van der Waals surface area (Å²) in [6, 6.07) is 13.1. The zero-order valence-corrected chi connectivity index (χ0v) is 12.8. The predicted molar refractivity (Wildman–Crippen MR) is 79.5 cm³/mol. The van der Waals surface area contributed by atoms with Crippen molar-refractivity contribution in [2.45, 2.75) is 19.1 Å². The second-order valence-corrected chi connectivity index (χ2v) is 5.39. The molecular weight excluding hydrogens is 366 g/mol. The SMILES string of the molecule is FC(F)C(F)(F)Oc1cccc(CNc2cccc(Br)c2)c1. The molecule has 0 aliphatic heterocycles. The Morgan fingerprint density at radius 2 is 1.82 bits per heavy atom.